The van der Waals surface area contributed by atoms with Crippen molar-refractivity contribution in [2.24, 2.45) is 58.8 Å². The van der Waals surface area contributed by atoms with Gasteiger partial charge >= 0.3 is 0 Å². The van der Waals surface area contributed by atoms with E-state index < -0.39 is 176 Å². The van der Waals surface area contributed by atoms with E-state index in [1.807, 2.05) is 0 Å². The number of nitrogens with one attached hydrogen (secondary N) is 4. The van der Waals surface area contributed by atoms with Crippen LogP contribution in [0.2, 0.25) is 0 Å². The van der Waals surface area contributed by atoms with E-state index in [4.69, 9.17) is 11.5 Å². The normalized spacial score (nSPS) is 35.1. The van der Waals surface area contributed by atoms with Crippen LogP contribution in [0.25, 0.3) is 0 Å². The SMILES string of the molecule is C[C@@]1(O)c2cccc(O)c2C(=O)C2C(=O)[C@]3(O)C(=O)C(C(N)=O)C(=O)[C@@H](NCCNC(=O)CCCCC(=O)NCCN[C@@H]4C(=O)C(C(N)=O)C(=O)[C@@]5(O)C(=O)C6C(=O)c7c(O)cccc7[C@@](C)(O)[C@H]6C[C@@H]45)[C@@H]3C[C@@H]21. The first-order chi connectivity index (χ1) is 34.7. The number of amides is 4. The first kappa shape index (κ1) is 53.3. The summed E-state index contributed by atoms with van der Waals surface area (Å²) in [6.07, 6.45) is -0.613. The number of carbonyl (C=O) groups excluding carboxylic acids is 12. The van der Waals surface area contributed by atoms with Crippen LogP contribution in [0.1, 0.15) is 84.2 Å². The molecule has 0 bridgehead atoms. The Bertz CT molecular complexity index is 2670. The van der Waals surface area contributed by atoms with Crippen molar-refractivity contribution in [1.29, 1.82) is 0 Å². The predicted molar refractivity (Wildman–Crippen MR) is 248 cm³/mol. The van der Waals surface area contributed by atoms with Crippen LogP contribution in [-0.2, 0) is 59.1 Å². The van der Waals surface area contributed by atoms with Gasteiger partial charge in [0.05, 0.1) is 46.2 Å². The van der Waals surface area contributed by atoms with Crippen molar-refractivity contribution in [1.82, 2.24) is 21.3 Å². The Balaban J connectivity index is 0.825. The Hall–Kier alpha value is -6.96. The lowest BCUT2D eigenvalue weighted by Gasteiger charge is -2.54. The minimum absolute atomic E-state index is 0.00437. The summed E-state index contributed by atoms with van der Waals surface area (Å²) in [5.74, 6) is -28.7. The smallest absolute Gasteiger partial charge is 0.235 e. The Kier molecular flexibility index (Phi) is 13.7. The maximum Gasteiger partial charge on any atom is 0.235 e. The number of Topliss-reactive ketones (excluding diaryl/α,β-unsaturated/α-hetero) is 8. The Morgan fingerprint density at radius 1 is 0.541 bits per heavy atom. The number of hydrogen-bond acceptors (Lipinski definition) is 20. The third kappa shape index (κ3) is 8.05. The molecule has 394 valence electrons. The van der Waals surface area contributed by atoms with Gasteiger partial charge in [0.1, 0.15) is 11.5 Å². The van der Waals surface area contributed by atoms with Crippen molar-refractivity contribution in [2.75, 3.05) is 26.2 Å². The summed E-state index contributed by atoms with van der Waals surface area (Å²) >= 11 is 0. The van der Waals surface area contributed by atoms with Gasteiger partial charge in [-0.3, -0.25) is 57.5 Å². The van der Waals surface area contributed by atoms with Crippen molar-refractivity contribution in [3.05, 3.63) is 58.7 Å². The molecule has 14 atom stereocenters. The minimum atomic E-state index is -3.07. The van der Waals surface area contributed by atoms with E-state index in [1.165, 1.54) is 50.2 Å². The molecule has 2 aromatic carbocycles. The molecule has 74 heavy (non-hydrogen) atoms. The van der Waals surface area contributed by atoms with Gasteiger partial charge in [-0.25, -0.2) is 0 Å². The van der Waals surface area contributed by atoms with Gasteiger partial charge < -0.3 is 63.4 Å². The number of aliphatic hydroxyl groups is 4. The Morgan fingerprint density at radius 3 is 1.23 bits per heavy atom. The molecule has 8 rings (SSSR count). The molecule has 0 spiro atoms. The highest BCUT2D eigenvalue weighted by molar-refractivity contribution is 6.34. The molecule has 0 heterocycles. The van der Waals surface area contributed by atoms with Gasteiger partial charge in [-0.15, -0.1) is 0 Å². The van der Waals surface area contributed by atoms with Crippen LogP contribution < -0.4 is 32.7 Å². The third-order valence-corrected chi connectivity index (χ3v) is 16.4. The standard InChI is InChI=1S/C50H56N6O18/c1-47(71)19-7-5-9-25(57)29(19)37(61)31-21(47)17-23-35(39(63)33(45(51)69)43(67)49(23,73)41(31)65)55-15-13-53-27(59)11-3-4-12-28(60)54-14-16-56-36-24-18-22-32(38(62)30-20(48(22,2)72)8-6-10-26(30)58)42(66)50(24,74)44(68)34(40(36)64)46(52)70/h5-10,21-24,31-36,55-58,71-74H,3-4,11-18H2,1-2H3,(H2,51,69)(H2,52,70)(H,53,59)(H,54,60)/t21-,22-,23-,24-,31?,32?,33?,34?,35-,36-,47+,48+,49-,50-/m0/s1. The van der Waals surface area contributed by atoms with Gasteiger partial charge in [-0.1, -0.05) is 24.3 Å². The molecule has 6 aliphatic rings. The molecule has 0 saturated heterocycles. The average molecular weight is 1030 g/mol. The monoisotopic (exact) mass is 1030 g/mol. The molecular weight excluding hydrogens is 973 g/mol. The summed E-state index contributed by atoms with van der Waals surface area (Å²) in [4.78, 5) is 161. The van der Waals surface area contributed by atoms with Crippen LogP contribution in [0, 0.1) is 47.3 Å². The number of nitrogens with two attached hydrogens (primary N) is 2. The summed E-state index contributed by atoms with van der Waals surface area (Å²) in [7, 11) is 0. The molecule has 4 amide bonds. The van der Waals surface area contributed by atoms with Crippen molar-refractivity contribution in [3.8, 4) is 11.5 Å². The van der Waals surface area contributed by atoms with Crippen LogP contribution in [0.4, 0.5) is 0 Å². The van der Waals surface area contributed by atoms with Crippen LogP contribution >= 0.6 is 0 Å². The third-order valence-electron chi connectivity index (χ3n) is 16.4. The lowest BCUT2D eigenvalue weighted by atomic mass is 9.50. The lowest BCUT2D eigenvalue weighted by Crippen LogP contribution is -2.75. The summed E-state index contributed by atoms with van der Waals surface area (Å²) in [5, 5.41) is 79.2. The molecule has 2 aromatic rings. The topological polar surface area (TPSA) is 426 Å². The number of ketones is 8. The maximum atomic E-state index is 14.2. The van der Waals surface area contributed by atoms with Crippen molar-refractivity contribution < 1.29 is 88.2 Å². The van der Waals surface area contributed by atoms with E-state index in [9.17, 15) is 88.2 Å². The Morgan fingerprint density at radius 2 is 0.892 bits per heavy atom. The summed E-state index contributed by atoms with van der Waals surface area (Å²) in [6, 6.07) is 4.67. The zero-order valence-corrected chi connectivity index (χ0v) is 40.0. The second-order valence-corrected chi connectivity index (χ2v) is 20.5. The second kappa shape index (κ2) is 19.1. The molecule has 0 aliphatic heterocycles. The highest BCUT2D eigenvalue weighted by Crippen LogP contribution is 2.57. The highest BCUT2D eigenvalue weighted by atomic mass is 16.3. The molecule has 6 aliphatic carbocycles. The van der Waals surface area contributed by atoms with Crippen molar-refractivity contribution in [3.63, 3.8) is 0 Å². The molecule has 4 unspecified atom stereocenters. The van der Waals surface area contributed by atoms with E-state index in [-0.39, 0.29) is 74.1 Å². The first-order valence-corrected chi connectivity index (χ1v) is 24.1. The van der Waals surface area contributed by atoms with Crippen LogP contribution in [0.5, 0.6) is 11.5 Å². The highest BCUT2D eigenvalue weighted by Gasteiger charge is 2.73. The molecular formula is C50H56N6O18. The molecule has 0 aromatic heterocycles. The lowest BCUT2D eigenvalue weighted by molar-refractivity contribution is -0.186. The van der Waals surface area contributed by atoms with Crippen LogP contribution in [0.3, 0.4) is 0 Å². The van der Waals surface area contributed by atoms with E-state index in [1.54, 1.807) is 0 Å². The zero-order chi connectivity index (χ0) is 54.3. The van der Waals surface area contributed by atoms with Crippen molar-refractivity contribution >= 4 is 69.9 Å². The number of aromatic hydroxyl groups is 2. The van der Waals surface area contributed by atoms with Gasteiger partial charge in [0.15, 0.2) is 69.3 Å². The molecule has 4 fully saturated rings. The predicted octanol–water partition coefficient (Wildman–Crippen LogP) is -4.07. The van der Waals surface area contributed by atoms with Gasteiger partial charge in [0.25, 0.3) is 0 Å². The summed E-state index contributed by atoms with van der Waals surface area (Å²) in [5.41, 5.74) is -0.0134. The fourth-order valence-corrected chi connectivity index (χ4v) is 12.7. The van der Waals surface area contributed by atoms with Gasteiger partial charge in [-0.2, -0.15) is 0 Å². The fraction of sp³-hybridized carbons (Fsp3) is 0.520. The summed E-state index contributed by atoms with van der Waals surface area (Å²) < 4.78 is 0. The number of carbonyl (C=O) groups is 12. The number of phenolic OH excluding ortho intramolecular Hbond substituents is 2. The molecule has 24 heteroatoms. The van der Waals surface area contributed by atoms with E-state index in [2.05, 4.69) is 21.3 Å². The van der Waals surface area contributed by atoms with Gasteiger partial charge in [-0.05, 0) is 62.8 Å². The molecule has 14 N–H and O–H groups in total. The van der Waals surface area contributed by atoms with Crippen molar-refractivity contribution in [2.45, 2.75) is 86.9 Å². The number of phenols is 2. The van der Waals surface area contributed by atoms with Crippen LogP contribution in [-0.4, -0.2) is 150 Å². The molecule has 24 nitrogen and oxygen atoms in total. The second-order valence-electron chi connectivity index (χ2n) is 20.5. The summed E-state index contributed by atoms with van der Waals surface area (Å²) in [6.45, 7) is 1.89. The number of fused-ring (bicyclic) bond motifs is 6. The Labute approximate surface area is 420 Å². The average Bonchev–Trinajstić information content (AvgIpc) is 3.32. The molecule has 0 radical (unpaired) electrons. The largest absolute Gasteiger partial charge is 0.507 e. The maximum absolute atomic E-state index is 14.2. The fourth-order valence-electron chi connectivity index (χ4n) is 12.7. The number of rotatable bonds is 15. The number of hydrogen-bond donors (Lipinski definition) is 12. The van der Waals surface area contributed by atoms with E-state index in [0.717, 1.165) is 0 Å². The number of benzene rings is 2. The first-order valence-electron chi connectivity index (χ1n) is 24.1. The zero-order valence-electron chi connectivity index (χ0n) is 40.0. The van der Waals surface area contributed by atoms with E-state index >= 15 is 0 Å². The van der Waals surface area contributed by atoms with Gasteiger partial charge in [0.2, 0.25) is 23.6 Å². The van der Waals surface area contributed by atoms with Gasteiger partial charge in [0, 0.05) is 62.7 Å². The van der Waals surface area contributed by atoms with Crippen LogP contribution in [0.15, 0.2) is 36.4 Å². The number of unbranched alkanes of at least 4 members (excludes halogenated alkanes) is 1. The van der Waals surface area contributed by atoms with E-state index in [0.29, 0.717) is 0 Å². The minimum Gasteiger partial charge on any atom is -0.507 e. The molecule has 4 saturated carbocycles. The quantitative estimate of drug-likeness (QED) is 0.0596. The number of primary amides is 2.